The van der Waals surface area contributed by atoms with Gasteiger partial charge < -0.3 is 40.2 Å². The summed E-state index contributed by atoms with van der Waals surface area (Å²) in [7, 11) is 0.490. The fourth-order valence-electron chi connectivity index (χ4n) is 8.49. The van der Waals surface area contributed by atoms with E-state index in [1.165, 1.54) is 12.1 Å². The lowest BCUT2D eigenvalue weighted by atomic mass is 9.89. The molecule has 0 aliphatic carbocycles. The summed E-state index contributed by atoms with van der Waals surface area (Å²) in [4.78, 5) is 40.1. The molecule has 3 aromatic carbocycles. The van der Waals surface area contributed by atoms with E-state index in [0.717, 1.165) is 72.4 Å². The van der Waals surface area contributed by atoms with E-state index in [1.54, 1.807) is 33.7 Å². The molecule has 2 saturated heterocycles. The smallest absolute Gasteiger partial charge is 0.234 e. The minimum absolute atomic E-state index is 0.0548. The van der Waals surface area contributed by atoms with Gasteiger partial charge in [-0.15, -0.1) is 0 Å². The van der Waals surface area contributed by atoms with Gasteiger partial charge in [-0.3, -0.25) is 19.9 Å². The maximum atomic E-state index is 14.9. The van der Waals surface area contributed by atoms with Gasteiger partial charge in [0.15, 0.2) is 0 Å². The van der Waals surface area contributed by atoms with Gasteiger partial charge in [-0.2, -0.15) is 4.98 Å². The van der Waals surface area contributed by atoms with Crippen molar-refractivity contribution in [2.75, 3.05) is 75.8 Å². The van der Waals surface area contributed by atoms with Crippen LogP contribution in [0, 0.1) is 11.6 Å². The Bertz CT molecular complexity index is 2550. The van der Waals surface area contributed by atoms with Crippen LogP contribution in [-0.2, 0) is 38.3 Å². The van der Waals surface area contributed by atoms with E-state index in [2.05, 4.69) is 71.5 Å². The molecule has 14 nitrogen and oxygen atoms in total. The van der Waals surface area contributed by atoms with Crippen molar-refractivity contribution in [2.24, 2.45) is 0 Å². The second-order valence-corrected chi connectivity index (χ2v) is 20.5. The predicted octanol–water partition coefficient (Wildman–Crippen LogP) is 7.43. The number of ether oxygens (including phenoxy) is 2. The number of nitrogens with zero attached hydrogens (tertiary/aromatic N) is 4. The van der Waals surface area contributed by atoms with Crippen molar-refractivity contribution in [2.45, 2.75) is 64.0 Å². The molecule has 1 atom stereocenters. The molecule has 18 heteroatoms. The van der Waals surface area contributed by atoms with Crippen LogP contribution in [0.4, 0.5) is 37.6 Å². The highest BCUT2D eigenvalue weighted by Gasteiger charge is 2.32. The monoisotopic (exact) mass is 961 g/mol. The molecule has 0 spiro atoms. The molecule has 340 valence electrons. The van der Waals surface area contributed by atoms with Crippen LogP contribution in [0.2, 0.25) is 0 Å². The largest absolute Gasteiger partial charge is 0.494 e. The van der Waals surface area contributed by atoms with Crippen molar-refractivity contribution in [3.05, 3.63) is 93.2 Å². The lowest BCUT2D eigenvalue weighted by molar-refractivity contribution is -0.134. The molecule has 5 aromatic rings. The molecule has 2 aliphatic heterocycles. The zero-order valence-corrected chi connectivity index (χ0v) is 39.2. The number of fused-ring (bicyclic) bond motifs is 1. The van der Waals surface area contributed by atoms with Gasteiger partial charge in [0.25, 0.3) is 0 Å². The number of hydrogen-bond acceptors (Lipinski definition) is 13. The zero-order chi connectivity index (χ0) is 45.5. The maximum Gasteiger partial charge on any atom is 0.234 e. The standard InChI is InChI=1S/C46H55BrF2N9O5P/c1-6-28-23-38(55-46-52-25-33(47)44(57-46)54-37-11-10-36-31(43(37)64(4,5)61)8-7-30(53-36)26-62-2)40(63-3)24-39(28)58-19-14-29(15-20-58)51-18-17-50-16-13-27-21-34(48)42(35(49)22-27)32-9-12-41(59)56-45(32)60/h7-8,10-11,21-25,29,32,50-51H,6,9,12-20,26H2,1-5H3,(H,56,59,60)(H2,52,54,55,57). The molecule has 0 saturated carbocycles. The number of aromatic nitrogens is 3. The number of anilines is 5. The van der Waals surface area contributed by atoms with Crippen LogP contribution in [0.3, 0.4) is 0 Å². The first-order valence-electron chi connectivity index (χ1n) is 21.5. The number of halogens is 3. The average molecular weight is 963 g/mol. The van der Waals surface area contributed by atoms with E-state index in [0.29, 0.717) is 70.7 Å². The lowest BCUT2D eigenvalue weighted by Crippen LogP contribution is -2.44. The molecule has 2 aliphatic rings. The topological polar surface area (TPSA) is 172 Å². The fraction of sp³-hybridized carbons (Fsp3) is 0.413. The van der Waals surface area contributed by atoms with Crippen LogP contribution < -0.4 is 41.5 Å². The third kappa shape index (κ3) is 11.1. The molecule has 2 aromatic heterocycles. The normalized spacial score (nSPS) is 16.0. The summed E-state index contributed by atoms with van der Waals surface area (Å²) in [6.45, 7) is 9.74. The van der Waals surface area contributed by atoms with Gasteiger partial charge in [0.1, 0.15) is 30.3 Å². The maximum absolute atomic E-state index is 14.9. The first-order valence-corrected chi connectivity index (χ1v) is 24.9. The number of imide groups is 1. The van der Waals surface area contributed by atoms with E-state index in [4.69, 9.17) is 19.4 Å². The number of amides is 2. The second kappa shape index (κ2) is 20.8. The Balaban J connectivity index is 0.927. The predicted molar refractivity (Wildman–Crippen MR) is 252 cm³/mol. The Morgan fingerprint density at radius 3 is 2.39 bits per heavy atom. The number of methoxy groups -OCH3 is 2. The van der Waals surface area contributed by atoms with Gasteiger partial charge in [0, 0.05) is 80.0 Å². The molecular weight excluding hydrogens is 907 g/mol. The minimum Gasteiger partial charge on any atom is -0.494 e. The van der Waals surface area contributed by atoms with Gasteiger partial charge in [0.2, 0.25) is 17.8 Å². The van der Waals surface area contributed by atoms with Gasteiger partial charge in [0.05, 0.1) is 46.7 Å². The summed E-state index contributed by atoms with van der Waals surface area (Å²) in [6.07, 6.45) is 4.97. The molecule has 64 heavy (non-hydrogen) atoms. The van der Waals surface area contributed by atoms with Gasteiger partial charge in [-0.05, 0) is 115 Å². The molecule has 0 radical (unpaired) electrons. The first kappa shape index (κ1) is 46.9. The number of aryl methyl sites for hydroxylation is 1. The molecule has 2 amide bonds. The SMILES string of the molecule is CCc1cc(Nc2ncc(Br)c(Nc3ccc4nc(COC)ccc4c3P(C)(C)=O)n2)c(OC)cc1N1CCC(NCCNCCc2cc(F)c(C3CCC(=O)NC3=O)c(F)c2)CC1. The number of piperidine rings is 2. The zero-order valence-electron chi connectivity index (χ0n) is 36.7. The summed E-state index contributed by atoms with van der Waals surface area (Å²) in [6, 6.07) is 14.7. The number of carbonyl (C=O) groups excluding carboxylic acids is 2. The first-order chi connectivity index (χ1) is 30.8. The van der Waals surface area contributed by atoms with E-state index < -0.39 is 36.5 Å². The molecular formula is C46H55BrF2N9O5P. The molecule has 5 N–H and O–H groups in total. The van der Waals surface area contributed by atoms with Crippen molar-refractivity contribution in [1.29, 1.82) is 0 Å². The molecule has 0 bridgehead atoms. The molecule has 4 heterocycles. The van der Waals surface area contributed by atoms with Crippen molar-refractivity contribution < 1.29 is 32.4 Å². The molecule has 2 fully saturated rings. The summed E-state index contributed by atoms with van der Waals surface area (Å²) in [5.41, 5.74) is 5.44. The van der Waals surface area contributed by atoms with Crippen LogP contribution in [0.1, 0.15) is 60.9 Å². The van der Waals surface area contributed by atoms with Gasteiger partial charge >= 0.3 is 0 Å². The highest BCUT2D eigenvalue weighted by molar-refractivity contribution is 9.10. The van der Waals surface area contributed by atoms with Crippen molar-refractivity contribution in [1.82, 2.24) is 30.9 Å². The Morgan fingerprint density at radius 2 is 1.70 bits per heavy atom. The third-order valence-corrected chi connectivity index (χ3v) is 13.8. The van der Waals surface area contributed by atoms with Crippen LogP contribution in [-0.4, -0.2) is 93.1 Å². The summed E-state index contributed by atoms with van der Waals surface area (Å²) >= 11 is 3.60. The fourth-order valence-corrected chi connectivity index (χ4v) is 10.3. The quantitative estimate of drug-likeness (QED) is 0.0334. The lowest BCUT2D eigenvalue weighted by Gasteiger charge is -2.35. The van der Waals surface area contributed by atoms with Crippen molar-refractivity contribution in [3.63, 3.8) is 0 Å². The number of nitrogens with one attached hydrogen (secondary N) is 5. The summed E-state index contributed by atoms with van der Waals surface area (Å²) in [5.74, 6) is -2.10. The number of hydrogen-bond donors (Lipinski definition) is 5. The number of pyridine rings is 1. The Kier molecular flexibility index (Phi) is 15.3. The number of rotatable bonds is 18. The van der Waals surface area contributed by atoms with Crippen LogP contribution in [0.15, 0.2) is 59.2 Å². The summed E-state index contributed by atoms with van der Waals surface area (Å²) < 4.78 is 55.3. The Hall–Kier alpha value is -5.06. The second-order valence-electron chi connectivity index (χ2n) is 16.5. The number of carbonyl (C=O) groups is 2. The summed E-state index contributed by atoms with van der Waals surface area (Å²) in [5, 5.41) is 17.4. The van der Waals surface area contributed by atoms with Crippen LogP contribution >= 0.6 is 23.1 Å². The Labute approximate surface area is 380 Å². The van der Waals surface area contributed by atoms with Crippen molar-refractivity contribution in [3.8, 4) is 5.75 Å². The molecule has 1 unspecified atom stereocenters. The third-order valence-electron chi connectivity index (χ3n) is 11.6. The molecule has 7 rings (SSSR count). The van der Waals surface area contributed by atoms with Crippen LogP contribution in [0.25, 0.3) is 10.9 Å². The van der Waals surface area contributed by atoms with E-state index in [-0.39, 0.29) is 18.4 Å². The van der Waals surface area contributed by atoms with E-state index in [1.807, 2.05) is 24.3 Å². The van der Waals surface area contributed by atoms with Crippen molar-refractivity contribution >= 4 is 79.9 Å². The number of benzene rings is 3. The van der Waals surface area contributed by atoms with Crippen LogP contribution in [0.5, 0.6) is 5.75 Å². The minimum atomic E-state index is -2.78. The van der Waals surface area contributed by atoms with Gasteiger partial charge in [-0.1, -0.05) is 13.0 Å². The van der Waals surface area contributed by atoms with Gasteiger partial charge in [-0.25, -0.2) is 13.8 Å². The van der Waals surface area contributed by atoms with E-state index >= 15 is 0 Å². The Morgan fingerprint density at radius 1 is 0.938 bits per heavy atom. The van der Waals surface area contributed by atoms with E-state index in [9.17, 15) is 22.9 Å². The highest BCUT2D eigenvalue weighted by Crippen LogP contribution is 2.42. The average Bonchev–Trinajstić information content (AvgIpc) is 3.26. The highest BCUT2D eigenvalue weighted by atomic mass is 79.9.